The summed E-state index contributed by atoms with van der Waals surface area (Å²) in [6.45, 7) is 5.88. The molecule has 2 heterocycles. The molecule has 144 valence electrons. The molecular weight excluding hydrogens is 362 g/mol. The Hall–Kier alpha value is -2.54. The van der Waals surface area contributed by atoms with Gasteiger partial charge in [0.15, 0.2) is 0 Å². The number of benzene rings is 1. The third kappa shape index (κ3) is 5.01. The summed E-state index contributed by atoms with van der Waals surface area (Å²) >= 11 is 1.48. The van der Waals surface area contributed by atoms with Crippen LogP contribution < -0.4 is 15.0 Å². The summed E-state index contributed by atoms with van der Waals surface area (Å²) < 4.78 is 5.71. The SMILES string of the molecule is CCOc1ccccc1N1CCN(C(=O)CCNC(=O)c2ccsc2)CC1. The van der Waals surface area contributed by atoms with Crippen molar-refractivity contribution in [1.82, 2.24) is 10.2 Å². The predicted molar refractivity (Wildman–Crippen MR) is 108 cm³/mol. The number of hydrogen-bond acceptors (Lipinski definition) is 5. The second-order valence-corrected chi connectivity index (χ2v) is 7.07. The Morgan fingerprint density at radius 2 is 1.93 bits per heavy atom. The van der Waals surface area contributed by atoms with Gasteiger partial charge in [0, 0.05) is 50.1 Å². The molecule has 1 saturated heterocycles. The predicted octanol–water partition coefficient (Wildman–Crippen LogP) is 2.62. The van der Waals surface area contributed by atoms with Gasteiger partial charge in [0.05, 0.1) is 12.3 Å². The van der Waals surface area contributed by atoms with Gasteiger partial charge in [-0.3, -0.25) is 9.59 Å². The summed E-state index contributed by atoms with van der Waals surface area (Å²) in [4.78, 5) is 28.4. The van der Waals surface area contributed by atoms with Crippen molar-refractivity contribution in [3.05, 3.63) is 46.7 Å². The second-order valence-electron chi connectivity index (χ2n) is 6.29. The van der Waals surface area contributed by atoms with Gasteiger partial charge < -0.3 is 19.9 Å². The first kappa shape index (κ1) is 19.2. The third-order valence-electron chi connectivity index (χ3n) is 4.55. The van der Waals surface area contributed by atoms with E-state index in [1.54, 1.807) is 11.4 Å². The van der Waals surface area contributed by atoms with Crippen molar-refractivity contribution >= 4 is 28.8 Å². The molecule has 0 bridgehead atoms. The average molecular weight is 388 g/mol. The number of para-hydroxylation sites is 2. The number of carbonyl (C=O) groups is 2. The Kier molecular flexibility index (Phi) is 6.70. The van der Waals surface area contributed by atoms with E-state index in [4.69, 9.17) is 4.74 Å². The molecule has 0 spiro atoms. The summed E-state index contributed by atoms with van der Waals surface area (Å²) in [7, 11) is 0. The van der Waals surface area contributed by atoms with E-state index in [9.17, 15) is 9.59 Å². The molecule has 0 atom stereocenters. The van der Waals surface area contributed by atoms with Crippen LogP contribution in [0.2, 0.25) is 0 Å². The van der Waals surface area contributed by atoms with E-state index >= 15 is 0 Å². The molecule has 0 saturated carbocycles. The molecule has 0 radical (unpaired) electrons. The lowest BCUT2D eigenvalue weighted by atomic mass is 10.2. The number of anilines is 1. The second kappa shape index (κ2) is 9.41. The Morgan fingerprint density at radius 1 is 1.15 bits per heavy atom. The zero-order valence-corrected chi connectivity index (χ0v) is 16.3. The van der Waals surface area contributed by atoms with E-state index in [-0.39, 0.29) is 11.8 Å². The van der Waals surface area contributed by atoms with Crippen LogP contribution in [0.3, 0.4) is 0 Å². The number of nitrogens with zero attached hydrogens (tertiary/aromatic N) is 2. The Bertz CT molecular complexity index is 756. The molecule has 6 nitrogen and oxygen atoms in total. The molecule has 1 aromatic carbocycles. The molecule has 0 aliphatic carbocycles. The lowest BCUT2D eigenvalue weighted by Gasteiger charge is -2.36. The van der Waals surface area contributed by atoms with E-state index in [0.29, 0.717) is 38.2 Å². The first-order chi connectivity index (χ1) is 13.2. The quantitative estimate of drug-likeness (QED) is 0.793. The summed E-state index contributed by atoms with van der Waals surface area (Å²) in [6.07, 6.45) is 0.325. The minimum Gasteiger partial charge on any atom is -0.492 e. The largest absolute Gasteiger partial charge is 0.492 e. The van der Waals surface area contributed by atoms with Crippen molar-refractivity contribution in [2.75, 3.05) is 44.2 Å². The Balaban J connectivity index is 1.45. The highest BCUT2D eigenvalue weighted by atomic mass is 32.1. The maximum Gasteiger partial charge on any atom is 0.252 e. The van der Waals surface area contributed by atoms with E-state index in [1.165, 1.54) is 11.3 Å². The van der Waals surface area contributed by atoms with Crippen molar-refractivity contribution in [3.63, 3.8) is 0 Å². The summed E-state index contributed by atoms with van der Waals surface area (Å²) in [5, 5.41) is 6.47. The third-order valence-corrected chi connectivity index (χ3v) is 5.23. The van der Waals surface area contributed by atoms with Gasteiger partial charge in [0.1, 0.15) is 5.75 Å². The molecule has 27 heavy (non-hydrogen) atoms. The molecule has 2 aromatic rings. The first-order valence-corrected chi connectivity index (χ1v) is 10.2. The monoisotopic (exact) mass is 387 g/mol. The van der Waals surface area contributed by atoms with E-state index in [1.807, 2.05) is 35.4 Å². The standard InChI is InChI=1S/C20H25N3O3S/c1-2-26-18-6-4-3-5-17(18)22-10-12-23(13-11-22)19(24)7-9-21-20(25)16-8-14-27-15-16/h3-6,8,14-15H,2,7,9-13H2,1H3,(H,21,25). The van der Waals surface area contributed by atoms with Gasteiger partial charge in [0.25, 0.3) is 5.91 Å². The van der Waals surface area contributed by atoms with Crippen LogP contribution in [0.1, 0.15) is 23.7 Å². The summed E-state index contributed by atoms with van der Waals surface area (Å²) in [6, 6.07) is 9.79. The molecule has 1 aliphatic heterocycles. The molecule has 7 heteroatoms. The van der Waals surface area contributed by atoms with Gasteiger partial charge in [-0.15, -0.1) is 0 Å². The number of nitrogens with one attached hydrogen (secondary N) is 1. The smallest absolute Gasteiger partial charge is 0.252 e. The van der Waals surface area contributed by atoms with Gasteiger partial charge in [0.2, 0.25) is 5.91 Å². The van der Waals surface area contributed by atoms with Crippen molar-refractivity contribution in [2.24, 2.45) is 0 Å². The number of amides is 2. The van der Waals surface area contributed by atoms with Crippen molar-refractivity contribution in [3.8, 4) is 5.75 Å². The van der Waals surface area contributed by atoms with Crippen molar-refractivity contribution in [2.45, 2.75) is 13.3 Å². The highest BCUT2D eigenvalue weighted by Crippen LogP contribution is 2.28. The molecule has 0 unspecified atom stereocenters. The van der Waals surface area contributed by atoms with Crippen LogP contribution in [0.5, 0.6) is 5.75 Å². The van der Waals surface area contributed by atoms with E-state index in [2.05, 4.69) is 16.3 Å². The van der Waals surface area contributed by atoms with Crippen LogP contribution >= 0.6 is 11.3 Å². The van der Waals surface area contributed by atoms with Gasteiger partial charge in [-0.1, -0.05) is 12.1 Å². The lowest BCUT2D eigenvalue weighted by Crippen LogP contribution is -2.49. The number of hydrogen-bond donors (Lipinski definition) is 1. The fourth-order valence-corrected chi connectivity index (χ4v) is 3.77. The molecule has 1 fully saturated rings. The van der Waals surface area contributed by atoms with Crippen molar-refractivity contribution < 1.29 is 14.3 Å². The van der Waals surface area contributed by atoms with Crippen LogP contribution in [0.25, 0.3) is 0 Å². The molecule has 1 N–H and O–H groups in total. The Morgan fingerprint density at radius 3 is 2.63 bits per heavy atom. The Labute approximate surface area is 163 Å². The highest BCUT2D eigenvalue weighted by Gasteiger charge is 2.22. The van der Waals surface area contributed by atoms with Crippen LogP contribution in [-0.4, -0.2) is 56.0 Å². The van der Waals surface area contributed by atoms with E-state index < -0.39 is 0 Å². The maximum atomic E-state index is 12.4. The fraction of sp³-hybridized carbons (Fsp3) is 0.400. The van der Waals surface area contributed by atoms with Gasteiger partial charge >= 0.3 is 0 Å². The normalized spacial score (nSPS) is 14.1. The van der Waals surface area contributed by atoms with Crippen molar-refractivity contribution in [1.29, 1.82) is 0 Å². The average Bonchev–Trinajstić information content (AvgIpc) is 3.24. The number of piperazine rings is 1. The summed E-state index contributed by atoms with van der Waals surface area (Å²) in [5.41, 5.74) is 1.73. The van der Waals surface area contributed by atoms with E-state index in [0.717, 1.165) is 24.5 Å². The lowest BCUT2D eigenvalue weighted by molar-refractivity contribution is -0.131. The van der Waals surface area contributed by atoms with Crippen LogP contribution in [-0.2, 0) is 4.79 Å². The zero-order valence-electron chi connectivity index (χ0n) is 15.5. The first-order valence-electron chi connectivity index (χ1n) is 9.24. The molecular formula is C20H25N3O3S. The van der Waals surface area contributed by atoms with Gasteiger partial charge in [-0.25, -0.2) is 0 Å². The minimum absolute atomic E-state index is 0.0818. The topological polar surface area (TPSA) is 61.9 Å². The minimum atomic E-state index is -0.124. The van der Waals surface area contributed by atoms with Gasteiger partial charge in [-0.05, 0) is 30.5 Å². The molecule has 3 rings (SSSR count). The van der Waals surface area contributed by atoms with Crippen LogP contribution in [0, 0.1) is 0 Å². The van der Waals surface area contributed by atoms with Crippen LogP contribution in [0.4, 0.5) is 5.69 Å². The molecule has 1 aliphatic rings. The van der Waals surface area contributed by atoms with Gasteiger partial charge in [-0.2, -0.15) is 11.3 Å². The summed E-state index contributed by atoms with van der Waals surface area (Å²) in [5.74, 6) is 0.843. The number of rotatable bonds is 7. The molecule has 1 aromatic heterocycles. The number of thiophene rings is 1. The molecule has 2 amide bonds. The van der Waals surface area contributed by atoms with Crippen LogP contribution in [0.15, 0.2) is 41.1 Å². The zero-order chi connectivity index (χ0) is 19.1. The number of carbonyl (C=O) groups excluding carboxylic acids is 2. The highest BCUT2D eigenvalue weighted by molar-refractivity contribution is 7.08. The maximum absolute atomic E-state index is 12.4. The number of ether oxygens (including phenoxy) is 1. The fourth-order valence-electron chi connectivity index (χ4n) is 3.13.